The lowest BCUT2D eigenvalue weighted by atomic mass is 10.2. The minimum atomic E-state index is -0.448. The van der Waals surface area contributed by atoms with Crippen LogP contribution in [0.5, 0.6) is 0 Å². The molecule has 1 aliphatic heterocycles. The second kappa shape index (κ2) is 7.04. The third-order valence-corrected chi connectivity index (χ3v) is 4.46. The average Bonchev–Trinajstić information content (AvgIpc) is 2.82. The maximum Gasteiger partial charge on any atom is 0.410 e. The molecule has 7 heteroatoms. The Morgan fingerprint density at radius 1 is 1.50 bits per heavy atom. The lowest BCUT2D eigenvalue weighted by Gasteiger charge is -2.24. The van der Waals surface area contributed by atoms with Crippen LogP contribution in [-0.2, 0) is 4.74 Å². The Bertz CT molecular complexity index is 528. The number of aryl methyl sites for hydroxylation is 1. The second-order valence-electron chi connectivity index (χ2n) is 6.51. The first kappa shape index (κ1) is 17.3. The molecule has 22 heavy (non-hydrogen) atoms. The summed E-state index contributed by atoms with van der Waals surface area (Å²) in [6.07, 6.45) is 0.751. The molecule has 1 aromatic heterocycles. The van der Waals surface area contributed by atoms with Gasteiger partial charge in [0.05, 0.1) is 0 Å². The molecule has 1 saturated heterocycles. The zero-order valence-corrected chi connectivity index (χ0v) is 15.0. The normalized spacial score (nSPS) is 18.6. The number of rotatable bonds is 3. The minimum Gasteiger partial charge on any atom is -0.444 e. The van der Waals surface area contributed by atoms with E-state index in [0.29, 0.717) is 16.2 Å². The van der Waals surface area contributed by atoms with Crippen molar-refractivity contribution < 1.29 is 9.53 Å². The Labute approximate surface area is 140 Å². The Hall–Kier alpha value is -1.01. The molecule has 5 nitrogen and oxygen atoms in total. The van der Waals surface area contributed by atoms with Gasteiger partial charge in [0, 0.05) is 24.5 Å². The zero-order valence-electron chi connectivity index (χ0n) is 13.4. The molecule has 1 aromatic rings. The Kier molecular flexibility index (Phi) is 5.55. The quantitative estimate of drug-likeness (QED) is 0.475. The van der Waals surface area contributed by atoms with Crippen LogP contribution in [-0.4, -0.2) is 45.4 Å². The summed E-state index contributed by atoms with van der Waals surface area (Å²) in [5.41, 5.74) is 0.417. The first-order valence-electron chi connectivity index (χ1n) is 7.35. The van der Waals surface area contributed by atoms with Crippen LogP contribution in [0.25, 0.3) is 0 Å². The van der Waals surface area contributed by atoms with Gasteiger partial charge in [-0.1, -0.05) is 23.4 Å². The van der Waals surface area contributed by atoms with Crippen molar-refractivity contribution in [2.75, 3.05) is 18.8 Å². The molecule has 122 valence electrons. The lowest BCUT2D eigenvalue weighted by molar-refractivity contribution is 0.0289. The zero-order chi connectivity index (χ0) is 16.3. The third kappa shape index (κ3) is 5.32. The molecule has 0 spiro atoms. The maximum atomic E-state index is 12.0. The fourth-order valence-electron chi connectivity index (χ4n) is 2.22. The van der Waals surface area contributed by atoms with Crippen LogP contribution in [0.2, 0.25) is 5.15 Å². The fraction of sp³-hybridized carbons (Fsp3) is 0.667. The SMILES string of the molecule is Cc1cc(Cl)nc(SC[C@@H]2CCN(C(=O)OC(C)(C)C)C2)n1. The van der Waals surface area contributed by atoms with E-state index in [1.807, 2.05) is 27.7 Å². The lowest BCUT2D eigenvalue weighted by Crippen LogP contribution is -2.35. The van der Waals surface area contributed by atoms with E-state index in [2.05, 4.69) is 9.97 Å². The number of carbonyl (C=O) groups excluding carboxylic acids is 1. The summed E-state index contributed by atoms with van der Waals surface area (Å²) >= 11 is 7.53. The summed E-state index contributed by atoms with van der Waals surface area (Å²) in [7, 11) is 0. The van der Waals surface area contributed by atoms with Gasteiger partial charge in [-0.2, -0.15) is 0 Å². The Balaban J connectivity index is 1.82. The van der Waals surface area contributed by atoms with Crippen LogP contribution in [0.1, 0.15) is 32.9 Å². The Morgan fingerprint density at radius 3 is 2.86 bits per heavy atom. The van der Waals surface area contributed by atoms with Crippen LogP contribution in [0.15, 0.2) is 11.2 Å². The highest BCUT2D eigenvalue weighted by Crippen LogP contribution is 2.26. The Morgan fingerprint density at radius 2 is 2.23 bits per heavy atom. The highest BCUT2D eigenvalue weighted by atomic mass is 35.5. The van der Waals surface area contributed by atoms with E-state index in [4.69, 9.17) is 16.3 Å². The molecular weight excluding hydrogens is 322 g/mol. The predicted molar refractivity (Wildman–Crippen MR) is 88.4 cm³/mol. The molecule has 0 N–H and O–H groups in total. The molecule has 0 aromatic carbocycles. The molecule has 2 heterocycles. The average molecular weight is 344 g/mol. The van der Waals surface area contributed by atoms with Gasteiger partial charge in [-0.15, -0.1) is 0 Å². The van der Waals surface area contributed by atoms with E-state index in [1.165, 1.54) is 0 Å². The van der Waals surface area contributed by atoms with Crippen molar-refractivity contribution in [3.63, 3.8) is 0 Å². The summed E-state index contributed by atoms with van der Waals surface area (Å²) < 4.78 is 5.40. The van der Waals surface area contributed by atoms with E-state index in [0.717, 1.165) is 31.0 Å². The second-order valence-corrected chi connectivity index (χ2v) is 7.88. The van der Waals surface area contributed by atoms with E-state index in [1.54, 1.807) is 22.7 Å². The number of amides is 1. The van der Waals surface area contributed by atoms with E-state index in [9.17, 15) is 4.79 Å². The molecule has 2 rings (SSSR count). The van der Waals surface area contributed by atoms with Gasteiger partial charge in [0.25, 0.3) is 0 Å². The highest BCUT2D eigenvalue weighted by Gasteiger charge is 2.29. The number of carbonyl (C=O) groups is 1. The first-order valence-corrected chi connectivity index (χ1v) is 8.71. The molecule has 1 amide bonds. The fourth-order valence-corrected chi connectivity index (χ4v) is 3.54. The van der Waals surface area contributed by atoms with Crippen LogP contribution in [0, 0.1) is 12.8 Å². The standard InChI is InChI=1S/C15H22ClN3O2S/c1-10-7-12(16)18-13(17-10)22-9-11-5-6-19(8-11)14(20)21-15(2,3)4/h7,11H,5-6,8-9H2,1-4H3/t11-/m1/s1. The topological polar surface area (TPSA) is 55.3 Å². The maximum absolute atomic E-state index is 12.0. The van der Waals surface area contributed by atoms with Crippen molar-refractivity contribution in [3.05, 3.63) is 16.9 Å². The third-order valence-electron chi connectivity index (χ3n) is 3.19. The number of hydrogen-bond donors (Lipinski definition) is 0. The van der Waals surface area contributed by atoms with Crippen molar-refractivity contribution in [2.45, 2.75) is 44.9 Å². The molecule has 0 bridgehead atoms. The van der Waals surface area contributed by atoms with Crippen LogP contribution < -0.4 is 0 Å². The van der Waals surface area contributed by atoms with Gasteiger partial charge in [0.2, 0.25) is 0 Å². The van der Waals surface area contributed by atoms with Crippen LogP contribution in [0.4, 0.5) is 4.79 Å². The number of thioether (sulfide) groups is 1. The van der Waals surface area contributed by atoms with E-state index < -0.39 is 5.60 Å². The highest BCUT2D eigenvalue weighted by molar-refractivity contribution is 7.99. The summed E-state index contributed by atoms with van der Waals surface area (Å²) in [4.78, 5) is 22.4. The van der Waals surface area contributed by atoms with Gasteiger partial charge in [-0.3, -0.25) is 0 Å². The van der Waals surface area contributed by atoms with E-state index >= 15 is 0 Å². The van der Waals surface area contributed by atoms with E-state index in [-0.39, 0.29) is 6.09 Å². The number of nitrogens with zero attached hydrogens (tertiary/aromatic N) is 3. The van der Waals surface area contributed by atoms with Crippen molar-refractivity contribution in [2.24, 2.45) is 5.92 Å². The van der Waals surface area contributed by atoms with Gasteiger partial charge in [0.15, 0.2) is 5.16 Å². The molecule has 1 fully saturated rings. The first-order chi connectivity index (χ1) is 10.2. The largest absolute Gasteiger partial charge is 0.444 e. The van der Waals surface area contributed by atoms with Gasteiger partial charge < -0.3 is 9.64 Å². The molecule has 1 atom stereocenters. The van der Waals surface area contributed by atoms with Crippen molar-refractivity contribution in [3.8, 4) is 0 Å². The van der Waals surface area contributed by atoms with Gasteiger partial charge in [0.1, 0.15) is 10.8 Å². The molecule has 0 saturated carbocycles. The molecule has 1 aliphatic rings. The molecule has 0 radical (unpaired) electrons. The smallest absolute Gasteiger partial charge is 0.410 e. The molecule has 0 unspecified atom stereocenters. The number of halogens is 1. The van der Waals surface area contributed by atoms with Crippen molar-refractivity contribution in [1.29, 1.82) is 0 Å². The van der Waals surface area contributed by atoms with Gasteiger partial charge >= 0.3 is 6.09 Å². The van der Waals surface area contributed by atoms with Crippen molar-refractivity contribution >= 4 is 29.5 Å². The van der Waals surface area contributed by atoms with Crippen molar-refractivity contribution in [1.82, 2.24) is 14.9 Å². The predicted octanol–water partition coefficient (Wildman–Crippen LogP) is 3.79. The summed E-state index contributed by atoms with van der Waals surface area (Å²) in [5.74, 6) is 1.31. The van der Waals surface area contributed by atoms with Gasteiger partial charge in [-0.05, 0) is 46.1 Å². The number of ether oxygens (including phenoxy) is 1. The van der Waals surface area contributed by atoms with Gasteiger partial charge in [-0.25, -0.2) is 14.8 Å². The number of hydrogen-bond acceptors (Lipinski definition) is 5. The van der Waals surface area contributed by atoms with Crippen LogP contribution >= 0.6 is 23.4 Å². The summed E-state index contributed by atoms with van der Waals surface area (Å²) in [6, 6.07) is 1.74. The summed E-state index contributed by atoms with van der Waals surface area (Å²) in [6.45, 7) is 9.02. The monoisotopic (exact) mass is 343 g/mol. The number of likely N-dealkylation sites (tertiary alicyclic amines) is 1. The minimum absolute atomic E-state index is 0.227. The summed E-state index contributed by atoms with van der Waals surface area (Å²) in [5, 5.41) is 1.16. The molecular formula is C15H22ClN3O2S. The number of aromatic nitrogens is 2. The molecule has 0 aliphatic carbocycles. The van der Waals surface area contributed by atoms with Crippen LogP contribution in [0.3, 0.4) is 0 Å².